The minimum atomic E-state index is -0.243. The molecule has 1 heterocycles. The van der Waals surface area contributed by atoms with Gasteiger partial charge < -0.3 is 14.8 Å². The number of thioether (sulfide) groups is 1. The van der Waals surface area contributed by atoms with Crippen molar-refractivity contribution in [2.24, 2.45) is 0 Å². The number of carbonyl (C=O) groups excluding carboxylic acids is 1. The van der Waals surface area contributed by atoms with Crippen LogP contribution < -0.4 is 14.8 Å². The van der Waals surface area contributed by atoms with E-state index in [2.05, 4.69) is 11.4 Å². The number of ether oxygens (including phenoxy) is 2. The highest BCUT2D eigenvalue weighted by Gasteiger charge is 2.29. The zero-order valence-corrected chi connectivity index (χ0v) is 15.8. The van der Waals surface area contributed by atoms with Crippen molar-refractivity contribution in [3.63, 3.8) is 0 Å². The Kier molecular flexibility index (Phi) is 6.39. The Hall–Kier alpha value is -2.91. The van der Waals surface area contributed by atoms with Crippen molar-refractivity contribution in [3.05, 3.63) is 70.8 Å². The second-order valence-electron chi connectivity index (χ2n) is 5.94. The molecule has 1 amide bonds. The van der Waals surface area contributed by atoms with Gasteiger partial charge in [-0.3, -0.25) is 4.79 Å². The number of rotatable bonds is 7. The van der Waals surface area contributed by atoms with Crippen molar-refractivity contribution < 1.29 is 14.3 Å². The van der Waals surface area contributed by atoms with E-state index in [9.17, 15) is 10.1 Å². The number of nitrogens with one attached hydrogen (secondary N) is 1. The van der Waals surface area contributed by atoms with E-state index in [1.807, 2.05) is 54.6 Å². The Morgan fingerprint density at radius 1 is 1.15 bits per heavy atom. The molecule has 1 N–H and O–H groups in total. The third-order valence-electron chi connectivity index (χ3n) is 4.22. The van der Waals surface area contributed by atoms with Crippen LogP contribution in [0.3, 0.4) is 0 Å². The molecule has 5 nitrogen and oxygen atoms in total. The van der Waals surface area contributed by atoms with Crippen LogP contribution in [0.1, 0.15) is 17.9 Å². The highest BCUT2D eigenvalue weighted by molar-refractivity contribution is 8.03. The van der Waals surface area contributed by atoms with Crippen molar-refractivity contribution in [1.29, 1.82) is 5.26 Å². The lowest BCUT2D eigenvalue weighted by atomic mass is 9.87. The highest BCUT2D eigenvalue weighted by atomic mass is 32.2. The Bertz CT molecular complexity index is 857. The molecule has 27 heavy (non-hydrogen) atoms. The van der Waals surface area contributed by atoms with Crippen LogP contribution in [0.2, 0.25) is 0 Å². The molecule has 0 aromatic heterocycles. The van der Waals surface area contributed by atoms with Crippen molar-refractivity contribution in [2.45, 2.75) is 12.3 Å². The zero-order valence-electron chi connectivity index (χ0n) is 15.0. The minimum Gasteiger partial charge on any atom is -0.497 e. The van der Waals surface area contributed by atoms with E-state index in [1.165, 1.54) is 11.8 Å². The van der Waals surface area contributed by atoms with Gasteiger partial charge in [0, 0.05) is 18.1 Å². The largest absolute Gasteiger partial charge is 0.497 e. The first kappa shape index (κ1) is 18.9. The molecule has 0 spiro atoms. The van der Waals surface area contributed by atoms with Crippen LogP contribution >= 0.6 is 11.8 Å². The summed E-state index contributed by atoms with van der Waals surface area (Å²) in [5.74, 6) is 1.85. The summed E-state index contributed by atoms with van der Waals surface area (Å²) in [6.45, 7) is 0.486. The molecule has 0 aliphatic carbocycles. The molecule has 3 rings (SSSR count). The Balaban J connectivity index is 1.70. The van der Waals surface area contributed by atoms with Crippen LogP contribution in [0, 0.1) is 11.3 Å². The summed E-state index contributed by atoms with van der Waals surface area (Å²) in [6, 6.07) is 19.3. The number of carbonyl (C=O) groups is 1. The maximum atomic E-state index is 12.2. The van der Waals surface area contributed by atoms with Crippen molar-refractivity contribution in [3.8, 4) is 17.6 Å². The molecule has 2 aromatic rings. The Labute approximate surface area is 163 Å². The average Bonchev–Trinajstić information content (AvgIpc) is 2.71. The molecule has 6 heteroatoms. The molecule has 1 aliphatic heterocycles. The van der Waals surface area contributed by atoms with Gasteiger partial charge in [-0.05, 0) is 29.8 Å². The van der Waals surface area contributed by atoms with Gasteiger partial charge in [-0.15, -0.1) is 11.8 Å². The van der Waals surface area contributed by atoms with Gasteiger partial charge in [0.2, 0.25) is 5.91 Å². The summed E-state index contributed by atoms with van der Waals surface area (Å²) in [7, 11) is 1.61. The lowest BCUT2D eigenvalue weighted by molar-refractivity contribution is -0.120. The third-order valence-corrected chi connectivity index (χ3v) is 5.20. The Morgan fingerprint density at radius 3 is 2.56 bits per heavy atom. The zero-order chi connectivity index (χ0) is 19.1. The molecule has 0 saturated carbocycles. The number of para-hydroxylation sites is 1. The van der Waals surface area contributed by atoms with Crippen molar-refractivity contribution in [2.75, 3.05) is 19.5 Å². The molecular formula is C21H20N2O3S. The number of hydrogen-bond acceptors (Lipinski definition) is 5. The van der Waals surface area contributed by atoms with Gasteiger partial charge in [0.1, 0.15) is 11.5 Å². The fourth-order valence-electron chi connectivity index (χ4n) is 2.87. The summed E-state index contributed by atoms with van der Waals surface area (Å²) >= 11 is 1.43. The number of nitriles is 1. The predicted molar refractivity (Wildman–Crippen MR) is 106 cm³/mol. The van der Waals surface area contributed by atoms with Gasteiger partial charge in [0.25, 0.3) is 0 Å². The van der Waals surface area contributed by atoms with Gasteiger partial charge in [-0.1, -0.05) is 30.3 Å². The maximum absolute atomic E-state index is 12.2. The standard InChI is InChI=1S/C21H20N2O3S/c1-25-16-9-7-15(8-10-16)18-13-20(24)23-21(19(18)14-22)27-12-11-26-17-5-3-2-4-6-17/h2-10,18H,11-13H2,1H3,(H,23,24)/t18-/m0/s1. The molecular weight excluding hydrogens is 360 g/mol. The van der Waals surface area contributed by atoms with E-state index in [4.69, 9.17) is 9.47 Å². The quantitative estimate of drug-likeness (QED) is 0.739. The topological polar surface area (TPSA) is 71.3 Å². The summed E-state index contributed by atoms with van der Waals surface area (Å²) in [4.78, 5) is 12.2. The van der Waals surface area contributed by atoms with Gasteiger partial charge in [-0.25, -0.2) is 0 Å². The highest BCUT2D eigenvalue weighted by Crippen LogP contribution is 2.36. The van der Waals surface area contributed by atoms with Crippen LogP contribution in [-0.4, -0.2) is 25.4 Å². The first-order valence-corrected chi connectivity index (χ1v) is 9.58. The smallest absolute Gasteiger partial charge is 0.225 e. The number of benzene rings is 2. The van der Waals surface area contributed by atoms with E-state index < -0.39 is 0 Å². The minimum absolute atomic E-state index is 0.0821. The van der Waals surface area contributed by atoms with Crippen LogP contribution in [0.15, 0.2) is 65.2 Å². The van der Waals surface area contributed by atoms with Gasteiger partial charge in [0.15, 0.2) is 0 Å². The third kappa shape index (κ3) is 4.83. The monoisotopic (exact) mass is 380 g/mol. The molecule has 0 fully saturated rings. The molecule has 0 radical (unpaired) electrons. The molecule has 1 atom stereocenters. The summed E-state index contributed by atoms with van der Waals surface area (Å²) in [5, 5.41) is 13.1. The van der Waals surface area contributed by atoms with Crippen LogP contribution in [0.25, 0.3) is 0 Å². The van der Waals surface area contributed by atoms with E-state index >= 15 is 0 Å². The average molecular weight is 380 g/mol. The first-order chi connectivity index (χ1) is 13.2. The molecule has 0 unspecified atom stereocenters. The van der Waals surface area contributed by atoms with Crippen LogP contribution in [-0.2, 0) is 4.79 Å². The maximum Gasteiger partial charge on any atom is 0.225 e. The first-order valence-electron chi connectivity index (χ1n) is 8.60. The molecule has 2 aromatic carbocycles. The second kappa shape index (κ2) is 9.15. The van der Waals surface area contributed by atoms with E-state index in [-0.39, 0.29) is 18.2 Å². The number of hydrogen-bond donors (Lipinski definition) is 1. The lowest BCUT2D eigenvalue weighted by Crippen LogP contribution is -2.31. The molecule has 0 saturated heterocycles. The predicted octanol–water partition coefficient (Wildman–Crippen LogP) is 3.85. The fourth-order valence-corrected chi connectivity index (χ4v) is 3.77. The number of methoxy groups -OCH3 is 1. The summed E-state index contributed by atoms with van der Waals surface area (Å²) in [5.41, 5.74) is 1.52. The number of nitrogens with zero attached hydrogens (tertiary/aromatic N) is 1. The normalized spacial score (nSPS) is 16.4. The number of allylic oxidation sites excluding steroid dienone is 1. The SMILES string of the molecule is COc1ccc([C@@H]2CC(=O)NC(SCCOc3ccccc3)=C2C#N)cc1. The lowest BCUT2D eigenvalue weighted by Gasteiger charge is -2.25. The van der Waals surface area contributed by atoms with Gasteiger partial charge in [0.05, 0.1) is 30.4 Å². The van der Waals surface area contributed by atoms with E-state index in [0.29, 0.717) is 23.0 Å². The van der Waals surface area contributed by atoms with Crippen molar-refractivity contribution in [1.82, 2.24) is 5.32 Å². The summed E-state index contributed by atoms with van der Waals surface area (Å²) in [6.07, 6.45) is 0.264. The Morgan fingerprint density at radius 2 is 1.89 bits per heavy atom. The fraction of sp³-hybridized carbons (Fsp3) is 0.238. The molecule has 1 aliphatic rings. The summed E-state index contributed by atoms with van der Waals surface area (Å²) < 4.78 is 10.9. The molecule has 138 valence electrons. The van der Waals surface area contributed by atoms with E-state index in [1.54, 1.807) is 7.11 Å². The second-order valence-corrected chi connectivity index (χ2v) is 7.05. The van der Waals surface area contributed by atoms with Gasteiger partial charge in [-0.2, -0.15) is 5.26 Å². The van der Waals surface area contributed by atoms with Crippen LogP contribution in [0.4, 0.5) is 0 Å². The van der Waals surface area contributed by atoms with Crippen LogP contribution in [0.5, 0.6) is 11.5 Å². The van der Waals surface area contributed by atoms with Crippen molar-refractivity contribution >= 4 is 17.7 Å². The number of amides is 1. The van der Waals surface area contributed by atoms with E-state index in [0.717, 1.165) is 17.1 Å². The molecule has 0 bridgehead atoms. The van der Waals surface area contributed by atoms with Gasteiger partial charge >= 0.3 is 0 Å².